The van der Waals surface area contributed by atoms with Crippen molar-refractivity contribution < 1.29 is 4.39 Å². The zero-order valence-electron chi connectivity index (χ0n) is 14.5. The summed E-state index contributed by atoms with van der Waals surface area (Å²) in [4.78, 5) is 4.34. The Labute approximate surface area is 155 Å². The Morgan fingerprint density at radius 1 is 1.00 bits per heavy atom. The number of nitrogen functional groups attached to an aromatic ring is 1. The molecule has 134 valence electrons. The van der Waals surface area contributed by atoms with Gasteiger partial charge in [-0.1, -0.05) is 54.6 Å². The second-order valence-electron chi connectivity index (χ2n) is 6.81. The number of benzene rings is 3. The van der Waals surface area contributed by atoms with Crippen LogP contribution in [-0.2, 0) is 0 Å². The number of fused-ring (bicyclic) bond motifs is 2. The normalized spacial score (nSPS) is 18.9. The molecule has 3 aromatic carbocycles. The van der Waals surface area contributed by atoms with Gasteiger partial charge in [0.15, 0.2) is 0 Å². The van der Waals surface area contributed by atoms with Gasteiger partial charge in [-0.15, -0.1) is 5.10 Å². The van der Waals surface area contributed by atoms with Crippen LogP contribution in [0.5, 0.6) is 0 Å². The molecule has 0 bridgehead atoms. The maximum Gasteiger partial charge on any atom is 0.241 e. The highest BCUT2D eigenvalue weighted by Gasteiger charge is 2.31. The summed E-state index contributed by atoms with van der Waals surface area (Å²) >= 11 is 0. The van der Waals surface area contributed by atoms with Crippen molar-refractivity contribution in [1.82, 2.24) is 14.8 Å². The molecule has 0 aliphatic carbocycles. The molecule has 1 aromatic heterocycles. The van der Waals surface area contributed by atoms with Crippen LogP contribution in [0.2, 0.25) is 0 Å². The van der Waals surface area contributed by atoms with Crippen LogP contribution in [0.25, 0.3) is 10.8 Å². The molecule has 0 spiro atoms. The van der Waals surface area contributed by atoms with Crippen molar-refractivity contribution in [3.05, 3.63) is 83.7 Å². The van der Waals surface area contributed by atoms with Gasteiger partial charge in [0.25, 0.3) is 0 Å². The summed E-state index contributed by atoms with van der Waals surface area (Å²) in [6.07, 6.45) is 0.759. The fourth-order valence-electron chi connectivity index (χ4n) is 3.91. The summed E-state index contributed by atoms with van der Waals surface area (Å²) in [6, 6.07) is 21.2. The third-order valence-corrected chi connectivity index (χ3v) is 5.16. The summed E-state index contributed by atoms with van der Waals surface area (Å²) in [7, 11) is 0. The summed E-state index contributed by atoms with van der Waals surface area (Å²) < 4.78 is 15.2. The molecule has 0 saturated heterocycles. The van der Waals surface area contributed by atoms with E-state index in [9.17, 15) is 4.39 Å². The summed E-state index contributed by atoms with van der Waals surface area (Å²) in [5.74, 6) is 0.626. The molecule has 0 saturated carbocycles. The number of rotatable bonds is 2. The van der Waals surface area contributed by atoms with Gasteiger partial charge in [-0.2, -0.15) is 4.98 Å². The first-order valence-corrected chi connectivity index (χ1v) is 8.91. The maximum atomic E-state index is 13.3. The summed E-state index contributed by atoms with van der Waals surface area (Å²) in [6.45, 7) is 0. The number of nitrogens with one attached hydrogen (secondary N) is 1. The van der Waals surface area contributed by atoms with E-state index in [1.807, 2.05) is 28.9 Å². The van der Waals surface area contributed by atoms with Crippen molar-refractivity contribution in [1.29, 1.82) is 0 Å². The predicted molar refractivity (Wildman–Crippen MR) is 104 cm³/mol. The first-order valence-electron chi connectivity index (χ1n) is 8.91. The Hall–Kier alpha value is -3.41. The molecule has 27 heavy (non-hydrogen) atoms. The minimum absolute atomic E-state index is 0.00864. The van der Waals surface area contributed by atoms with E-state index in [0.29, 0.717) is 5.95 Å². The molecule has 3 N–H and O–H groups in total. The SMILES string of the molecule is Nc1nc2n(n1)[C@H](c1cccc3ccccc13)C[C@@H](c1ccc(F)cc1)N2. The molecule has 2 atom stereocenters. The Balaban J connectivity index is 1.64. The molecule has 6 heteroatoms. The highest BCUT2D eigenvalue weighted by atomic mass is 19.1. The first kappa shape index (κ1) is 15.8. The number of hydrogen-bond donors (Lipinski definition) is 2. The molecule has 4 aromatic rings. The molecule has 1 aliphatic heterocycles. The van der Waals surface area contributed by atoms with Crippen molar-refractivity contribution in [3.63, 3.8) is 0 Å². The molecule has 0 radical (unpaired) electrons. The third kappa shape index (κ3) is 2.70. The van der Waals surface area contributed by atoms with Crippen molar-refractivity contribution in [3.8, 4) is 0 Å². The molecular formula is C21H18FN5. The van der Waals surface area contributed by atoms with Gasteiger partial charge >= 0.3 is 0 Å². The smallest absolute Gasteiger partial charge is 0.241 e. The molecule has 5 nitrogen and oxygen atoms in total. The topological polar surface area (TPSA) is 68.8 Å². The van der Waals surface area contributed by atoms with Crippen molar-refractivity contribution in [2.45, 2.75) is 18.5 Å². The fourth-order valence-corrected chi connectivity index (χ4v) is 3.91. The van der Waals surface area contributed by atoms with Gasteiger partial charge in [0.1, 0.15) is 5.82 Å². The summed E-state index contributed by atoms with van der Waals surface area (Å²) in [5, 5.41) is 10.2. The van der Waals surface area contributed by atoms with Gasteiger partial charge in [-0.05, 0) is 40.5 Å². The first-order chi connectivity index (χ1) is 13.2. The average molecular weight is 359 g/mol. The van der Waals surface area contributed by atoms with E-state index in [-0.39, 0.29) is 23.8 Å². The maximum absolute atomic E-state index is 13.3. The second kappa shape index (κ2) is 6.09. The van der Waals surface area contributed by atoms with E-state index in [2.05, 4.69) is 45.7 Å². The Bertz CT molecular complexity index is 1110. The fraction of sp³-hybridized carbons (Fsp3) is 0.143. The molecular weight excluding hydrogens is 341 g/mol. The van der Waals surface area contributed by atoms with E-state index >= 15 is 0 Å². The average Bonchev–Trinajstić information content (AvgIpc) is 3.07. The number of anilines is 2. The third-order valence-electron chi connectivity index (χ3n) is 5.16. The Morgan fingerprint density at radius 3 is 2.63 bits per heavy atom. The number of halogens is 1. The minimum atomic E-state index is -0.243. The van der Waals surface area contributed by atoms with Crippen molar-refractivity contribution in [2.24, 2.45) is 0 Å². The van der Waals surface area contributed by atoms with Gasteiger partial charge in [-0.3, -0.25) is 0 Å². The van der Waals surface area contributed by atoms with Gasteiger partial charge in [0.05, 0.1) is 12.1 Å². The van der Waals surface area contributed by atoms with Crippen molar-refractivity contribution in [2.75, 3.05) is 11.1 Å². The monoisotopic (exact) mass is 359 g/mol. The van der Waals surface area contributed by atoms with Crippen LogP contribution in [0.3, 0.4) is 0 Å². The van der Waals surface area contributed by atoms with Crippen LogP contribution in [0, 0.1) is 5.82 Å². The van der Waals surface area contributed by atoms with Crippen LogP contribution >= 0.6 is 0 Å². The van der Waals surface area contributed by atoms with E-state index in [1.165, 1.54) is 28.5 Å². The van der Waals surface area contributed by atoms with Crippen LogP contribution in [0.1, 0.15) is 29.6 Å². The Morgan fingerprint density at radius 2 is 1.78 bits per heavy atom. The zero-order valence-corrected chi connectivity index (χ0v) is 14.5. The molecule has 0 fully saturated rings. The number of hydrogen-bond acceptors (Lipinski definition) is 4. The standard InChI is InChI=1S/C21H18FN5/c22-15-10-8-14(9-11-15)18-12-19(27-21(24-18)25-20(23)26-27)17-7-3-5-13-4-1-2-6-16(13)17/h1-11,18-19H,12H2,(H3,23,24,25,26)/t18-,19-/m0/s1. The van der Waals surface area contributed by atoms with Gasteiger partial charge in [0, 0.05) is 0 Å². The van der Waals surface area contributed by atoms with E-state index < -0.39 is 0 Å². The molecule has 0 unspecified atom stereocenters. The van der Waals surface area contributed by atoms with Gasteiger partial charge < -0.3 is 11.1 Å². The van der Waals surface area contributed by atoms with Crippen molar-refractivity contribution >= 4 is 22.7 Å². The van der Waals surface area contributed by atoms with Crippen LogP contribution in [0.4, 0.5) is 16.3 Å². The molecule has 1 aliphatic rings. The summed E-state index contributed by atoms with van der Waals surface area (Å²) in [5.41, 5.74) is 8.07. The predicted octanol–water partition coefficient (Wildman–Crippen LogP) is 4.30. The lowest BCUT2D eigenvalue weighted by molar-refractivity contribution is 0.433. The van der Waals surface area contributed by atoms with Gasteiger partial charge in [-0.25, -0.2) is 9.07 Å². The van der Waals surface area contributed by atoms with Crippen LogP contribution in [-0.4, -0.2) is 14.8 Å². The molecule has 5 rings (SSSR count). The highest BCUT2D eigenvalue weighted by molar-refractivity contribution is 5.86. The van der Waals surface area contributed by atoms with Crippen LogP contribution < -0.4 is 11.1 Å². The Kier molecular flexibility index (Phi) is 3.57. The lowest BCUT2D eigenvalue weighted by Crippen LogP contribution is -2.28. The largest absolute Gasteiger partial charge is 0.366 e. The van der Waals surface area contributed by atoms with E-state index in [0.717, 1.165) is 12.0 Å². The second-order valence-corrected chi connectivity index (χ2v) is 6.81. The minimum Gasteiger partial charge on any atom is -0.366 e. The highest BCUT2D eigenvalue weighted by Crippen LogP contribution is 2.40. The van der Waals surface area contributed by atoms with Crippen LogP contribution in [0.15, 0.2) is 66.7 Å². The molecule has 0 amide bonds. The lowest BCUT2D eigenvalue weighted by Gasteiger charge is -2.32. The quantitative estimate of drug-likeness (QED) is 0.560. The number of aromatic nitrogens is 3. The van der Waals surface area contributed by atoms with Gasteiger partial charge in [0.2, 0.25) is 11.9 Å². The zero-order chi connectivity index (χ0) is 18.4. The number of nitrogens with two attached hydrogens (primary N) is 1. The lowest BCUT2D eigenvalue weighted by atomic mass is 9.90. The van der Waals surface area contributed by atoms with E-state index in [1.54, 1.807) is 0 Å². The molecule has 2 heterocycles. The van der Waals surface area contributed by atoms with E-state index in [4.69, 9.17) is 5.73 Å². The number of nitrogens with zero attached hydrogens (tertiary/aromatic N) is 3.